The van der Waals surface area contributed by atoms with Crippen molar-refractivity contribution in [2.24, 2.45) is 11.8 Å². The lowest BCUT2D eigenvalue weighted by Crippen LogP contribution is -2.41. The van der Waals surface area contributed by atoms with Crippen molar-refractivity contribution < 1.29 is 28.5 Å². The molecule has 0 amide bonds. The number of hydrogen-bond donors (Lipinski definition) is 1. The third-order valence-electron chi connectivity index (χ3n) is 6.51. The summed E-state index contributed by atoms with van der Waals surface area (Å²) in [5, 5.41) is 3.67. The number of hydrogen-bond acceptors (Lipinski definition) is 7. The summed E-state index contributed by atoms with van der Waals surface area (Å²) >= 11 is 0. The van der Waals surface area contributed by atoms with Crippen LogP contribution in [0.5, 0.6) is 23.0 Å². The summed E-state index contributed by atoms with van der Waals surface area (Å²) in [6.45, 7) is 8.44. The molecule has 3 unspecified atom stereocenters. The second-order valence-corrected chi connectivity index (χ2v) is 9.97. The molecule has 1 aliphatic heterocycles. The normalized spacial score (nSPS) is 16.6. The molecule has 0 radical (unpaired) electrons. The summed E-state index contributed by atoms with van der Waals surface area (Å²) in [5.41, 5.74) is 2.81. The molecule has 1 aliphatic rings. The highest BCUT2D eigenvalue weighted by Crippen LogP contribution is 2.41. The smallest absolute Gasteiger partial charge is 0.309 e. The van der Waals surface area contributed by atoms with Crippen molar-refractivity contribution in [1.29, 1.82) is 0 Å². The van der Waals surface area contributed by atoms with Crippen LogP contribution in [0.4, 0.5) is 0 Å². The molecule has 3 atom stereocenters. The van der Waals surface area contributed by atoms with Gasteiger partial charge in [-0.25, -0.2) is 0 Å². The van der Waals surface area contributed by atoms with Crippen LogP contribution < -0.4 is 24.3 Å². The van der Waals surface area contributed by atoms with Crippen LogP contribution in [0.3, 0.4) is 0 Å². The molecule has 0 bridgehead atoms. The quantitative estimate of drug-likeness (QED) is 0.302. The number of rotatable bonds is 9. The summed E-state index contributed by atoms with van der Waals surface area (Å²) in [5.74, 6) is 2.07. The molecular weight excluding hydrogens is 573 g/mol. The number of ether oxygens (including phenoxy) is 5. The Balaban J connectivity index is 0.00000456. The molecular formula is C28H40INO6. The van der Waals surface area contributed by atoms with E-state index < -0.39 is 5.60 Å². The predicted molar refractivity (Wildman–Crippen MR) is 151 cm³/mol. The van der Waals surface area contributed by atoms with Gasteiger partial charge in [0.1, 0.15) is 5.60 Å². The number of methoxy groups -OCH3 is 4. The molecule has 0 saturated carbocycles. The maximum Gasteiger partial charge on any atom is 0.309 e. The van der Waals surface area contributed by atoms with Gasteiger partial charge in [-0.05, 0) is 87.0 Å². The van der Waals surface area contributed by atoms with Crippen LogP contribution in [0.2, 0.25) is 0 Å². The standard InChI is InChI=1S/C28H39NO6.HI/c1-17(27(30)35-28(2,3)4)20(13-18-9-10-22(31-5)23(14-18)32-6)26-21-16-25(34-8)24(33-7)15-19(21)11-12-29-26;/h9-10,14-17,20,26,29H,11-13H2,1-8H3;1H. The highest BCUT2D eigenvalue weighted by atomic mass is 127. The molecule has 0 saturated heterocycles. The molecule has 0 aliphatic carbocycles. The highest BCUT2D eigenvalue weighted by molar-refractivity contribution is 14.0. The Labute approximate surface area is 232 Å². The maximum absolute atomic E-state index is 13.3. The first-order chi connectivity index (χ1) is 16.6. The monoisotopic (exact) mass is 613 g/mol. The van der Waals surface area contributed by atoms with Gasteiger partial charge in [0.2, 0.25) is 0 Å². The Hall–Kier alpha value is -2.20. The molecule has 7 nitrogen and oxygen atoms in total. The minimum Gasteiger partial charge on any atom is -0.493 e. The third kappa shape index (κ3) is 6.97. The minimum atomic E-state index is -0.562. The van der Waals surface area contributed by atoms with E-state index in [4.69, 9.17) is 23.7 Å². The van der Waals surface area contributed by atoms with Gasteiger partial charge in [-0.3, -0.25) is 4.79 Å². The van der Waals surface area contributed by atoms with Crippen molar-refractivity contribution in [3.8, 4) is 23.0 Å². The lowest BCUT2D eigenvalue weighted by molar-refractivity contribution is -0.161. The van der Waals surface area contributed by atoms with E-state index in [9.17, 15) is 4.79 Å². The van der Waals surface area contributed by atoms with Crippen LogP contribution in [-0.4, -0.2) is 46.6 Å². The SMILES string of the molecule is COc1ccc(CC(C(C)C(=O)OC(C)(C)C)C2NCCc3cc(OC)c(OC)cc32)cc1OC.I. The van der Waals surface area contributed by atoms with E-state index in [1.165, 1.54) is 5.56 Å². The zero-order valence-corrected chi connectivity index (χ0v) is 24.9. The van der Waals surface area contributed by atoms with E-state index in [-0.39, 0.29) is 47.8 Å². The molecule has 36 heavy (non-hydrogen) atoms. The van der Waals surface area contributed by atoms with E-state index in [0.29, 0.717) is 29.4 Å². The summed E-state index contributed by atoms with van der Waals surface area (Å²) in [6, 6.07) is 9.91. The summed E-state index contributed by atoms with van der Waals surface area (Å²) < 4.78 is 27.9. The van der Waals surface area contributed by atoms with Crippen molar-refractivity contribution in [2.75, 3.05) is 35.0 Å². The van der Waals surface area contributed by atoms with Gasteiger partial charge in [-0.2, -0.15) is 0 Å². The number of benzene rings is 2. The molecule has 2 aromatic carbocycles. The Kier molecular flexibility index (Phi) is 10.7. The Bertz CT molecular complexity index is 1040. The van der Waals surface area contributed by atoms with E-state index in [0.717, 1.165) is 24.1 Å². The van der Waals surface area contributed by atoms with Gasteiger partial charge in [-0.1, -0.05) is 13.0 Å². The first-order valence-electron chi connectivity index (χ1n) is 12.0. The van der Waals surface area contributed by atoms with Crippen LogP contribution in [0, 0.1) is 11.8 Å². The second-order valence-electron chi connectivity index (χ2n) is 9.97. The highest BCUT2D eigenvalue weighted by Gasteiger charge is 2.37. The van der Waals surface area contributed by atoms with Gasteiger partial charge in [0.25, 0.3) is 0 Å². The fraction of sp³-hybridized carbons (Fsp3) is 0.536. The second kappa shape index (κ2) is 12.9. The van der Waals surface area contributed by atoms with Gasteiger partial charge < -0.3 is 29.0 Å². The summed E-state index contributed by atoms with van der Waals surface area (Å²) in [6.07, 6.45) is 1.52. The Morgan fingerprint density at radius 1 is 0.944 bits per heavy atom. The Morgan fingerprint density at radius 3 is 2.11 bits per heavy atom. The Morgan fingerprint density at radius 2 is 1.53 bits per heavy atom. The number of carbonyl (C=O) groups excluding carboxylic acids is 1. The fourth-order valence-corrected chi connectivity index (χ4v) is 4.73. The largest absolute Gasteiger partial charge is 0.493 e. The molecule has 2 aromatic rings. The van der Waals surface area contributed by atoms with E-state index in [1.54, 1.807) is 28.4 Å². The van der Waals surface area contributed by atoms with Gasteiger partial charge >= 0.3 is 5.97 Å². The predicted octanol–water partition coefficient (Wildman–Crippen LogP) is 5.36. The molecule has 0 fully saturated rings. The van der Waals surface area contributed by atoms with Crippen molar-refractivity contribution in [1.82, 2.24) is 5.32 Å². The van der Waals surface area contributed by atoms with Crippen molar-refractivity contribution in [3.05, 3.63) is 47.0 Å². The molecule has 3 rings (SSSR count). The average Bonchev–Trinajstić information content (AvgIpc) is 2.84. The lowest BCUT2D eigenvalue weighted by atomic mass is 9.76. The topological polar surface area (TPSA) is 75.3 Å². The lowest BCUT2D eigenvalue weighted by Gasteiger charge is -2.37. The van der Waals surface area contributed by atoms with Crippen LogP contribution in [-0.2, 0) is 22.4 Å². The van der Waals surface area contributed by atoms with Crippen LogP contribution in [0.25, 0.3) is 0 Å². The number of fused-ring (bicyclic) bond motifs is 1. The molecule has 200 valence electrons. The zero-order chi connectivity index (χ0) is 25.8. The van der Waals surface area contributed by atoms with Gasteiger partial charge in [0.05, 0.1) is 34.4 Å². The van der Waals surface area contributed by atoms with Gasteiger partial charge in [-0.15, -0.1) is 24.0 Å². The van der Waals surface area contributed by atoms with E-state index >= 15 is 0 Å². The molecule has 8 heteroatoms. The number of esters is 1. The summed E-state index contributed by atoms with van der Waals surface area (Å²) in [4.78, 5) is 13.3. The molecule has 0 aromatic heterocycles. The van der Waals surface area contributed by atoms with Crippen LogP contribution in [0.1, 0.15) is 50.4 Å². The first-order valence-corrected chi connectivity index (χ1v) is 12.0. The molecule has 1 heterocycles. The van der Waals surface area contributed by atoms with Crippen molar-refractivity contribution in [2.45, 2.75) is 52.2 Å². The average molecular weight is 614 g/mol. The zero-order valence-electron chi connectivity index (χ0n) is 22.6. The first kappa shape index (κ1) is 30.0. The molecule has 1 N–H and O–H groups in total. The number of nitrogens with one attached hydrogen (secondary N) is 1. The van der Waals surface area contributed by atoms with Crippen LogP contribution in [0.15, 0.2) is 30.3 Å². The van der Waals surface area contributed by atoms with Gasteiger partial charge in [0, 0.05) is 6.04 Å². The van der Waals surface area contributed by atoms with E-state index in [1.807, 2.05) is 58.0 Å². The minimum absolute atomic E-state index is 0. The number of halogens is 1. The fourth-order valence-electron chi connectivity index (χ4n) is 4.73. The maximum atomic E-state index is 13.3. The van der Waals surface area contributed by atoms with Crippen molar-refractivity contribution in [3.63, 3.8) is 0 Å². The molecule has 0 spiro atoms. The van der Waals surface area contributed by atoms with Crippen LogP contribution >= 0.6 is 24.0 Å². The van der Waals surface area contributed by atoms with Gasteiger partial charge in [0.15, 0.2) is 23.0 Å². The third-order valence-corrected chi connectivity index (χ3v) is 6.51. The van der Waals surface area contributed by atoms with Crippen molar-refractivity contribution >= 4 is 29.9 Å². The van der Waals surface area contributed by atoms with E-state index in [2.05, 4.69) is 5.32 Å². The number of carbonyl (C=O) groups is 1. The summed E-state index contributed by atoms with van der Waals surface area (Å²) in [7, 11) is 6.53.